The van der Waals surface area contributed by atoms with Crippen molar-refractivity contribution in [2.75, 3.05) is 5.32 Å². The van der Waals surface area contributed by atoms with Gasteiger partial charge < -0.3 is 15.7 Å². The second-order valence-electron chi connectivity index (χ2n) is 6.97. The summed E-state index contributed by atoms with van der Waals surface area (Å²) in [5.74, 6) is -0.863. The fraction of sp³-hybridized carbons (Fsp3) is 0.500. The Morgan fingerprint density at radius 2 is 2.00 bits per heavy atom. The van der Waals surface area contributed by atoms with E-state index in [0.717, 1.165) is 36.9 Å². The number of hydrogen-bond acceptors (Lipinski definition) is 6. The number of pyridine rings is 1. The summed E-state index contributed by atoms with van der Waals surface area (Å²) in [6.45, 7) is 0.854. The first kappa shape index (κ1) is 22.3. The van der Waals surface area contributed by atoms with Crippen LogP contribution in [-0.2, 0) is 0 Å². The van der Waals surface area contributed by atoms with Gasteiger partial charge in [0.05, 0.1) is 17.0 Å². The molecule has 0 saturated heterocycles. The molecule has 1 amide bonds. The normalized spacial score (nSPS) is 20.4. The number of alkyl halides is 5. The minimum absolute atomic E-state index is 0.0207. The first-order chi connectivity index (χ1) is 14.1. The fourth-order valence-electron chi connectivity index (χ4n) is 3.08. The second kappa shape index (κ2) is 8.80. The molecule has 3 rings (SSSR count). The highest BCUT2D eigenvalue weighted by Gasteiger charge is 2.36. The van der Waals surface area contributed by atoms with Crippen molar-refractivity contribution in [2.45, 2.75) is 57.0 Å². The molecule has 1 aliphatic carbocycles. The van der Waals surface area contributed by atoms with E-state index in [0.29, 0.717) is 12.8 Å². The molecule has 0 spiro atoms. The van der Waals surface area contributed by atoms with Crippen LogP contribution in [0.25, 0.3) is 10.4 Å². The number of anilines is 1. The average Bonchev–Trinajstić information content (AvgIpc) is 3.30. The van der Waals surface area contributed by atoms with E-state index in [1.54, 1.807) is 0 Å². The van der Waals surface area contributed by atoms with E-state index in [1.807, 2.05) is 0 Å². The highest BCUT2D eigenvalue weighted by molar-refractivity contribution is 7.17. The van der Waals surface area contributed by atoms with Gasteiger partial charge in [-0.3, -0.25) is 4.79 Å². The number of aliphatic hydroxyl groups is 1. The lowest BCUT2D eigenvalue weighted by molar-refractivity contribution is -0.138. The molecule has 1 saturated carbocycles. The van der Waals surface area contributed by atoms with Crippen LogP contribution in [0.3, 0.4) is 0 Å². The van der Waals surface area contributed by atoms with Crippen molar-refractivity contribution in [3.05, 3.63) is 29.0 Å². The Balaban J connectivity index is 1.80. The largest absolute Gasteiger partial charge is 0.408 e. The molecular weight excluding hydrogens is 431 g/mol. The molecule has 2 aromatic rings. The Labute approximate surface area is 172 Å². The number of carbonyl (C=O) groups excluding carboxylic acids is 1. The molecule has 6 nitrogen and oxygen atoms in total. The van der Waals surface area contributed by atoms with Gasteiger partial charge in [-0.05, 0) is 32.3 Å². The van der Waals surface area contributed by atoms with Gasteiger partial charge in [0.15, 0.2) is 5.01 Å². The molecular formula is C18H19F5N4O2S. The number of carbonyl (C=O) groups is 1. The van der Waals surface area contributed by atoms with Gasteiger partial charge in [-0.1, -0.05) is 0 Å². The van der Waals surface area contributed by atoms with Gasteiger partial charge in [0, 0.05) is 23.5 Å². The molecule has 30 heavy (non-hydrogen) atoms. The number of halogens is 5. The van der Waals surface area contributed by atoms with Gasteiger partial charge in [0.2, 0.25) is 0 Å². The third-order valence-electron chi connectivity index (χ3n) is 4.79. The Kier molecular flexibility index (Phi) is 6.56. The van der Waals surface area contributed by atoms with Crippen molar-refractivity contribution in [2.24, 2.45) is 0 Å². The summed E-state index contributed by atoms with van der Waals surface area (Å²) < 4.78 is 65.1. The van der Waals surface area contributed by atoms with Crippen LogP contribution in [0.2, 0.25) is 0 Å². The van der Waals surface area contributed by atoms with Crippen LogP contribution in [0.1, 0.15) is 48.0 Å². The van der Waals surface area contributed by atoms with Gasteiger partial charge in [0.1, 0.15) is 11.9 Å². The SMILES string of the molecule is C[C@H](Nc1cc(C(F)F)c(-c2cnc(C(=O)N[C@@H]3CCC[C@H]3O)s2)cn1)C(F)(F)F. The molecule has 0 radical (unpaired) electrons. The van der Waals surface area contributed by atoms with Gasteiger partial charge in [0.25, 0.3) is 12.3 Å². The van der Waals surface area contributed by atoms with Gasteiger partial charge in [-0.2, -0.15) is 13.2 Å². The zero-order valence-corrected chi connectivity index (χ0v) is 16.5. The van der Waals surface area contributed by atoms with Crippen LogP contribution in [0, 0.1) is 0 Å². The van der Waals surface area contributed by atoms with Gasteiger partial charge in [-0.25, -0.2) is 18.7 Å². The maximum Gasteiger partial charge on any atom is 0.408 e. The number of rotatable bonds is 6. The van der Waals surface area contributed by atoms with Gasteiger partial charge >= 0.3 is 6.18 Å². The standard InChI is InChI=1S/C18H19F5N4O2S/c1-8(18(21,22)23)26-14-5-9(15(19)20)10(6-24-14)13-7-25-17(30-13)16(29)27-11-3-2-4-12(11)28/h5-8,11-12,15,28H,2-4H2,1H3,(H,24,26)(H,27,29)/t8-,11+,12+/m0/s1. The van der Waals surface area contributed by atoms with Crippen molar-refractivity contribution in [3.63, 3.8) is 0 Å². The summed E-state index contributed by atoms with van der Waals surface area (Å²) in [4.78, 5) is 20.3. The molecule has 1 aliphatic rings. The van der Waals surface area contributed by atoms with Crippen molar-refractivity contribution in [1.29, 1.82) is 0 Å². The van der Waals surface area contributed by atoms with Crippen molar-refractivity contribution < 1.29 is 31.9 Å². The first-order valence-corrected chi connectivity index (χ1v) is 9.94. The zero-order chi connectivity index (χ0) is 22.1. The number of hydrogen-bond donors (Lipinski definition) is 3. The number of aliphatic hydroxyl groups excluding tert-OH is 1. The molecule has 12 heteroatoms. The Morgan fingerprint density at radius 1 is 1.27 bits per heavy atom. The highest BCUT2D eigenvalue weighted by atomic mass is 32.1. The summed E-state index contributed by atoms with van der Waals surface area (Å²) in [7, 11) is 0. The summed E-state index contributed by atoms with van der Waals surface area (Å²) in [5.41, 5.74) is -0.545. The highest BCUT2D eigenvalue weighted by Crippen LogP contribution is 2.36. The number of aromatic nitrogens is 2. The van der Waals surface area contributed by atoms with Crippen LogP contribution < -0.4 is 10.6 Å². The van der Waals surface area contributed by atoms with Crippen LogP contribution in [-0.4, -0.2) is 45.3 Å². The van der Waals surface area contributed by atoms with Crippen molar-refractivity contribution >= 4 is 23.1 Å². The van der Waals surface area contributed by atoms with E-state index in [9.17, 15) is 31.9 Å². The second-order valence-corrected chi connectivity index (χ2v) is 8.00. The minimum atomic E-state index is -4.56. The van der Waals surface area contributed by atoms with E-state index in [1.165, 1.54) is 6.20 Å². The molecule has 3 atom stereocenters. The van der Waals surface area contributed by atoms with E-state index in [-0.39, 0.29) is 27.3 Å². The fourth-order valence-corrected chi connectivity index (χ4v) is 3.93. The van der Waals surface area contributed by atoms with Gasteiger partial charge in [-0.15, -0.1) is 11.3 Å². The summed E-state index contributed by atoms with van der Waals surface area (Å²) in [6, 6.07) is -1.49. The van der Waals surface area contributed by atoms with Crippen LogP contribution in [0.15, 0.2) is 18.5 Å². The third kappa shape index (κ3) is 5.04. The maximum absolute atomic E-state index is 13.5. The molecule has 0 aliphatic heterocycles. The van der Waals surface area contributed by atoms with Crippen LogP contribution >= 0.6 is 11.3 Å². The Morgan fingerprint density at radius 3 is 2.60 bits per heavy atom. The Bertz CT molecular complexity index is 905. The van der Waals surface area contributed by atoms with Crippen LogP contribution in [0.5, 0.6) is 0 Å². The number of nitrogens with one attached hydrogen (secondary N) is 2. The number of nitrogens with zero attached hydrogens (tertiary/aromatic N) is 2. The predicted molar refractivity (Wildman–Crippen MR) is 101 cm³/mol. The molecule has 1 fully saturated rings. The molecule has 3 N–H and O–H groups in total. The Hall–Kier alpha value is -2.34. The summed E-state index contributed by atoms with van der Waals surface area (Å²) >= 11 is 0.856. The summed E-state index contributed by atoms with van der Waals surface area (Å²) in [5, 5.41) is 14.6. The number of amides is 1. The molecule has 164 valence electrons. The monoisotopic (exact) mass is 450 g/mol. The lowest BCUT2D eigenvalue weighted by Gasteiger charge is -2.18. The third-order valence-corrected chi connectivity index (χ3v) is 5.82. The quantitative estimate of drug-likeness (QED) is 0.576. The minimum Gasteiger partial charge on any atom is -0.391 e. The zero-order valence-electron chi connectivity index (χ0n) is 15.7. The lowest BCUT2D eigenvalue weighted by Crippen LogP contribution is -2.39. The molecule has 0 bridgehead atoms. The van der Waals surface area contributed by atoms with Crippen LogP contribution in [0.4, 0.5) is 27.8 Å². The topological polar surface area (TPSA) is 87.1 Å². The molecule has 0 unspecified atom stereocenters. The molecule has 2 aromatic heterocycles. The lowest BCUT2D eigenvalue weighted by atomic mass is 10.1. The van der Waals surface area contributed by atoms with E-state index in [4.69, 9.17) is 0 Å². The van der Waals surface area contributed by atoms with Crippen molar-refractivity contribution in [3.8, 4) is 10.4 Å². The van der Waals surface area contributed by atoms with E-state index >= 15 is 0 Å². The molecule has 0 aromatic carbocycles. The van der Waals surface area contributed by atoms with Crippen molar-refractivity contribution in [1.82, 2.24) is 15.3 Å². The number of thiazole rings is 1. The predicted octanol–water partition coefficient (Wildman–Crippen LogP) is 4.15. The average molecular weight is 450 g/mol. The summed E-state index contributed by atoms with van der Waals surface area (Å²) in [6.07, 6.45) is -3.90. The smallest absolute Gasteiger partial charge is 0.391 e. The maximum atomic E-state index is 13.5. The van der Waals surface area contributed by atoms with E-state index < -0.39 is 36.2 Å². The first-order valence-electron chi connectivity index (χ1n) is 9.12. The molecule has 2 heterocycles. The van der Waals surface area contributed by atoms with E-state index in [2.05, 4.69) is 20.6 Å².